The number of aliphatic hydroxyl groups is 1. The van der Waals surface area contributed by atoms with E-state index in [1.165, 1.54) is 0 Å². The van der Waals surface area contributed by atoms with Crippen molar-refractivity contribution < 1.29 is 24.2 Å². The number of thiazole rings is 1. The molecule has 0 aliphatic carbocycles. The van der Waals surface area contributed by atoms with Crippen LogP contribution < -0.4 is 0 Å². The van der Waals surface area contributed by atoms with Crippen LogP contribution in [0.5, 0.6) is 0 Å². The lowest BCUT2D eigenvalue weighted by molar-refractivity contribution is -0.147. The van der Waals surface area contributed by atoms with Gasteiger partial charge in [0.1, 0.15) is 16.6 Å². The molecule has 2 aromatic heterocycles. The Balaban J connectivity index is 1.04. The largest absolute Gasteiger partial charge is 0.481 e. The molecule has 0 bridgehead atoms. The fourth-order valence-corrected chi connectivity index (χ4v) is 9.07. The van der Waals surface area contributed by atoms with Gasteiger partial charge in [-0.2, -0.15) is 5.26 Å². The second kappa shape index (κ2) is 13.2. The van der Waals surface area contributed by atoms with E-state index in [1.54, 1.807) is 18.3 Å². The summed E-state index contributed by atoms with van der Waals surface area (Å²) in [6.07, 6.45) is 0.956. The van der Waals surface area contributed by atoms with Crippen molar-refractivity contribution in [2.75, 3.05) is 32.7 Å². The molecule has 3 aliphatic rings. The minimum atomic E-state index is -0.784. The predicted octanol–water partition coefficient (Wildman–Crippen LogP) is 5.98. The van der Waals surface area contributed by atoms with Crippen LogP contribution in [0.15, 0.2) is 52.9 Å². The quantitative estimate of drug-likeness (QED) is 0.197. The van der Waals surface area contributed by atoms with Crippen LogP contribution in [0.1, 0.15) is 52.6 Å². The highest BCUT2D eigenvalue weighted by Crippen LogP contribution is 2.41. The number of hydrogen-bond donors (Lipinski definition) is 2. The van der Waals surface area contributed by atoms with Gasteiger partial charge >= 0.3 is 5.97 Å². The lowest BCUT2D eigenvalue weighted by atomic mass is 9.90. The summed E-state index contributed by atoms with van der Waals surface area (Å²) < 4.78 is 6.29. The van der Waals surface area contributed by atoms with E-state index in [1.807, 2.05) is 34.1 Å². The van der Waals surface area contributed by atoms with Gasteiger partial charge in [-0.15, -0.1) is 11.3 Å². The first-order valence-corrected chi connectivity index (χ1v) is 18.5. The number of benzene rings is 3. The number of aliphatic carboxylic acids is 1. The Bertz CT molecular complexity index is 2270. The van der Waals surface area contributed by atoms with Gasteiger partial charge < -0.3 is 19.5 Å². The molecule has 0 spiro atoms. The van der Waals surface area contributed by atoms with Crippen LogP contribution in [-0.4, -0.2) is 85.6 Å². The molecule has 11 nitrogen and oxygen atoms in total. The maximum Gasteiger partial charge on any atom is 0.310 e. The molecule has 2 atom stereocenters. The number of amides is 1. The molecule has 3 aromatic carbocycles. The van der Waals surface area contributed by atoms with Gasteiger partial charge in [-0.05, 0) is 86.2 Å². The van der Waals surface area contributed by atoms with Crippen molar-refractivity contribution in [2.24, 2.45) is 5.41 Å². The van der Waals surface area contributed by atoms with E-state index in [0.29, 0.717) is 81.2 Å². The smallest absolute Gasteiger partial charge is 0.310 e. The molecule has 5 heterocycles. The Morgan fingerprint density at radius 1 is 1.02 bits per heavy atom. The number of carbonyl (C=O) groups excluding carboxylic acids is 1. The molecule has 2 N–H and O–H groups in total. The Kier molecular flexibility index (Phi) is 8.70. The topological polar surface area (TPSA) is 147 Å². The third kappa shape index (κ3) is 6.17. The summed E-state index contributed by atoms with van der Waals surface area (Å²) in [6, 6.07) is 18.4. The number of hydrogen-bond acceptors (Lipinski definition) is 10. The summed E-state index contributed by atoms with van der Waals surface area (Å²) >= 11 is 1.64. The first kappa shape index (κ1) is 34.2. The zero-order valence-electron chi connectivity index (χ0n) is 29.5. The van der Waals surface area contributed by atoms with Crippen LogP contribution in [0.3, 0.4) is 0 Å². The van der Waals surface area contributed by atoms with Crippen LogP contribution in [-0.2, 0) is 29.2 Å². The first-order valence-electron chi connectivity index (χ1n) is 17.7. The molecule has 2 saturated heterocycles. The molecule has 0 saturated carbocycles. The molecule has 5 aromatic rings. The second-order valence-electron chi connectivity index (χ2n) is 14.7. The van der Waals surface area contributed by atoms with E-state index in [2.05, 4.69) is 49.1 Å². The number of aromatic nitrogens is 2. The summed E-state index contributed by atoms with van der Waals surface area (Å²) in [6.45, 7) is 10.3. The van der Waals surface area contributed by atoms with Gasteiger partial charge in [0, 0.05) is 42.2 Å². The van der Waals surface area contributed by atoms with Crippen LogP contribution >= 0.6 is 11.3 Å². The number of fused-ring (bicyclic) bond motifs is 2. The number of likely N-dealkylation sites (tertiary alicyclic amines) is 2. The number of nitriles is 1. The summed E-state index contributed by atoms with van der Waals surface area (Å²) in [5.74, 6) is -0.273. The van der Waals surface area contributed by atoms with E-state index in [9.17, 15) is 25.1 Å². The summed E-state index contributed by atoms with van der Waals surface area (Å²) in [4.78, 5) is 41.7. The lowest BCUT2D eigenvalue weighted by Gasteiger charge is -2.20. The van der Waals surface area contributed by atoms with Crippen LogP contribution in [0.25, 0.3) is 44.3 Å². The summed E-state index contributed by atoms with van der Waals surface area (Å²) in [7, 11) is 0. The highest BCUT2D eigenvalue weighted by Gasteiger charge is 2.40. The second-order valence-corrected chi connectivity index (χ2v) is 15.8. The lowest BCUT2D eigenvalue weighted by Crippen LogP contribution is -2.37. The molecule has 52 heavy (non-hydrogen) atoms. The fraction of sp³-hybridized carbons (Fsp3) is 0.375. The number of carboxylic acids is 1. The van der Waals surface area contributed by atoms with Crippen LogP contribution in [0.4, 0.5) is 0 Å². The standard InChI is InChI=1S/C40H40N6O5S/c1-23-28(29-7-5-9-31(24(29)2)38-43-33-19-46(20-34(33)52-38)35(48)21-44-12-10-27(47)18-44)6-4-8-30(23)37-42-32-15-25(14-26(16-41)36(32)51-37)17-45-13-11-40(3,22-45)39(49)50/h4-9,14-15,27,47H,10-13,17-22H2,1-3H3,(H,49,50). The van der Waals surface area contributed by atoms with Crippen molar-refractivity contribution in [3.8, 4) is 39.2 Å². The van der Waals surface area contributed by atoms with Gasteiger partial charge in [0.25, 0.3) is 0 Å². The molecule has 2 unspecified atom stereocenters. The van der Waals surface area contributed by atoms with E-state index in [-0.39, 0.29) is 12.0 Å². The van der Waals surface area contributed by atoms with E-state index < -0.39 is 11.4 Å². The Morgan fingerprint density at radius 3 is 2.42 bits per heavy atom. The monoisotopic (exact) mass is 716 g/mol. The minimum absolute atomic E-state index is 0.0739. The molecule has 12 heteroatoms. The molecule has 2 fully saturated rings. The molecule has 1 amide bonds. The molecule has 8 rings (SSSR count). The van der Waals surface area contributed by atoms with Crippen molar-refractivity contribution in [1.29, 1.82) is 5.26 Å². The number of aliphatic hydroxyl groups excluding tert-OH is 1. The predicted molar refractivity (Wildman–Crippen MR) is 197 cm³/mol. The normalized spacial score (nSPS) is 20.5. The Labute approximate surface area is 305 Å². The molecule has 0 radical (unpaired) electrons. The highest BCUT2D eigenvalue weighted by atomic mass is 32.1. The fourth-order valence-electron chi connectivity index (χ4n) is 7.90. The van der Waals surface area contributed by atoms with Gasteiger partial charge in [-0.1, -0.05) is 30.3 Å². The van der Waals surface area contributed by atoms with Gasteiger partial charge in [-0.25, -0.2) is 9.97 Å². The zero-order chi connectivity index (χ0) is 36.3. The van der Waals surface area contributed by atoms with Gasteiger partial charge in [0.15, 0.2) is 5.58 Å². The summed E-state index contributed by atoms with van der Waals surface area (Å²) in [5, 5.41) is 30.5. The number of β-amino-alcohol motifs (C(OH)–C–C–N with tert-alkyl or cyclic N) is 1. The number of carboxylic acid groups (broad SMARTS) is 1. The third-order valence-electron chi connectivity index (χ3n) is 11.0. The average Bonchev–Trinajstić information content (AvgIpc) is 3.95. The van der Waals surface area contributed by atoms with Crippen molar-refractivity contribution >= 4 is 34.3 Å². The van der Waals surface area contributed by atoms with E-state index in [4.69, 9.17) is 14.4 Å². The van der Waals surface area contributed by atoms with Crippen LogP contribution in [0, 0.1) is 30.6 Å². The average molecular weight is 717 g/mol. The van der Waals surface area contributed by atoms with Crippen molar-refractivity contribution in [1.82, 2.24) is 24.7 Å². The molecular weight excluding hydrogens is 677 g/mol. The van der Waals surface area contributed by atoms with Crippen LogP contribution in [0.2, 0.25) is 0 Å². The number of oxazole rings is 1. The van der Waals surface area contributed by atoms with E-state index in [0.717, 1.165) is 61.1 Å². The number of carbonyl (C=O) groups is 2. The maximum absolute atomic E-state index is 13.0. The SMILES string of the molecule is Cc1c(-c2nc3cc(CN4CCC(C)(C(=O)O)C4)cc(C#N)c3o2)cccc1-c1cccc(-c2nc3c(s2)CN(C(=O)CN2CCC(O)C2)C3)c1C. The maximum atomic E-state index is 13.0. The molecule has 266 valence electrons. The van der Waals surface area contributed by atoms with Gasteiger partial charge in [0.05, 0.1) is 42.4 Å². The molecule has 3 aliphatic heterocycles. The summed E-state index contributed by atoms with van der Waals surface area (Å²) in [5.41, 5.74) is 8.63. The first-order chi connectivity index (χ1) is 25.0. The van der Waals surface area contributed by atoms with Gasteiger partial charge in [0.2, 0.25) is 11.8 Å². The molecular formula is C40H40N6O5S. The van der Waals surface area contributed by atoms with Crippen molar-refractivity contribution in [2.45, 2.75) is 59.4 Å². The number of rotatable bonds is 8. The Morgan fingerprint density at radius 2 is 1.75 bits per heavy atom. The number of nitrogens with zero attached hydrogens (tertiary/aromatic N) is 6. The van der Waals surface area contributed by atoms with Crippen molar-refractivity contribution in [3.63, 3.8) is 0 Å². The zero-order valence-corrected chi connectivity index (χ0v) is 30.3. The minimum Gasteiger partial charge on any atom is -0.481 e. The van der Waals surface area contributed by atoms with E-state index >= 15 is 0 Å². The third-order valence-corrected chi connectivity index (χ3v) is 12.1. The Hall–Kier alpha value is -4.93. The van der Waals surface area contributed by atoms with Gasteiger partial charge in [-0.3, -0.25) is 19.4 Å². The van der Waals surface area contributed by atoms with Crippen molar-refractivity contribution in [3.05, 3.63) is 81.4 Å². The highest BCUT2D eigenvalue weighted by molar-refractivity contribution is 7.15.